The Balaban J connectivity index is 2.30. The number of halogens is 1. The lowest BCUT2D eigenvalue weighted by atomic mass is 10.1. The largest absolute Gasteiger partial charge is 0.495 e. The van der Waals surface area contributed by atoms with Crippen molar-refractivity contribution >= 4 is 21.7 Å². The first-order chi connectivity index (χ1) is 10.8. The minimum Gasteiger partial charge on any atom is -0.495 e. The van der Waals surface area contributed by atoms with Crippen LogP contribution in [0.1, 0.15) is 15.9 Å². The topological polar surface area (TPSA) is 60.4 Å². The van der Waals surface area contributed by atoms with Crippen molar-refractivity contribution in [2.24, 2.45) is 0 Å². The van der Waals surface area contributed by atoms with Gasteiger partial charge in [-0.05, 0) is 42.0 Å². The third-order valence-corrected chi connectivity index (χ3v) is 4.26. The summed E-state index contributed by atoms with van der Waals surface area (Å²) in [5.41, 5.74) is 0.833. The molecule has 2 rings (SSSR count). The highest BCUT2D eigenvalue weighted by Gasteiger charge is 2.16. The third kappa shape index (κ3) is 4.26. The molecule has 0 bridgehead atoms. The van der Waals surface area contributed by atoms with Gasteiger partial charge in [-0.1, -0.05) is 18.2 Å². The Morgan fingerprint density at radius 2 is 1.91 bits per heavy atom. The maximum absolute atomic E-state index is 13.1. The van der Waals surface area contributed by atoms with Gasteiger partial charge in [0, 0.05) is 11.8 Å². The van der Waals surface area contributed by atoms with Crippen LogP contribution in [0.3, 0.4) is 0 Å². The molecule has 4 nitrogen and oxygen atoms in total. The monoisotopic (exact) mass is 334 g/mol. The van der Waals surface area contributed by atoms with Gasteiger partial charge in [-0.15, -0.1) is 0 Å². The van der Waals surface area contributed by atoms with Crippen LogP contribution in [0, 0.1) is 5.82 Å². The third-order valence-electron chi connectivity index (χ3n) is 3.12. The number of carbonyl (C=O) groups is 1. The van der Waals surface area contributed by atoms with Gasteiger partial charge in [0.2, 0.25) is 0 Å². The van der Waals surface area contributed by atoms with Gasteiger partial charge in [-0.3, -0.25) is 4.79 Å². The molecule has 0 fully saturated rings. The maximum Gasteiger partial charge on any atom is 0.185 e. The molecule has 0 unspecified atom stereocenters. The molecule has 2 aromatic carbocycles. The molecule has 0 aromatic heterocycles. The average molecular weight is 334 g/mol. The van der Waals surface area contributed by atoms with Crippen molar-refractivity contribution < 1.29 is 22.3 Å². The Kier molecular flexibility index (Phi) is 4.95. The first-order valence-corrected chi connectivity index (χ1v) is 8.56. The van der Waals surface area contributed by atoms with E-state index in [4.69, 9.17) is 4.74 Å². The minimum atomic E-state index is -3.44. The first-order valence-electron chi connectivity index (χ1n) is 6.67. The summed E-state index contributed by atoms with van der Waals surface area (Å²) in [7, 11) is -2.11. The standard InChI is InChI=1S/C17H15FO4S/c1-22-16-11-13(7-9-17(16)23(2,20)21)15(19)8-6-12-4-3-5-14(18)10-12/h3-11H,1-2H3/b8-6-. The highest BCUT2D eigenvalue weighted by Crippen LogP contribution is 2.25. The van der Waals surface area contributed by atoms with Crippen molar-refractivity contribution in [1.29, 1.82) is 0 Å². The zero-order chi connectivity index (χ0) is 17.0. The van der Waals surface area contributed by atoms with E-state index in [-0.39, 0.29) is 22.0 Å². The summed E-state index contributed by atoms with van der Waals surface area (Å²) >= 11 is 0. The summed E-state index contributed by atoms with van der Waals surface area (Å²) in [6, 6.07) is 9.94. The van der Waals surface area contributed by atoms with E-state index in [1.54, 1.807) is 12.1 Å². The van der Waals surface area contributed by atoms with E-state index in [0.29, 0.717) is 5.56 Å². The Morgan fingerprint density at radius 1 is 1.17 bits per heavy atom. The molecule has 6 heteroatoms. The molecule has 0 spiro atoms. The van der Waals surface area contributed by atoms with Crippen LogP contribution in [0.4, 0.5) is 4.39 Å². The summed E-state index contributed by atoms with van der Waals surface area (Å²) in [4.78, 5) is 12.2. The molecular formula is C17H15FO4S. The number of methoxy groups -OCH3 is 1. The Hall–Kier alpha value is -2.47. The summed E-state index contributed by atoms with van der Waals surface area (Å²) in [6.07, 6.45) is 3.85. The van der Waals surface area contributed by atoms with Crippen LogP contribution in [0.15, 0.2) is 53.4 Å². The van der Waals surface area contributed by atoms with Crippen molar-refractivity contribution in [2.45, 2.75) is 4.90 Å². The van der Waals surface area contributed by atoms with Crippen LogP contribution in [0.2, 0.25) is 0 Å². The summed E-state index contributed by atoms with van der Waals surface area (Å²) in [6.45, 7) is 0. The average Bonchev–Trinajstić information content (AvgIpc) is 2.51. The number of allylic oxidation sites excluding steroid dienone is 1. The van der Waals surface area contributed by atoms with Crippen molar-refractivity contribution in [1.82, 2.24) is 0 Å². The fourth-order valence-electron chi connectivity index (χ4n) is 2.01. The number of hydrogen-bond donors (Lipinski definition) is 0. The molecule has 0 N–H and O–H groups in total. The van der Waals surface area contributed by atoms with Gasteiger partial charge in [-0.2, -0.15) is 0 Å². The number of benzene rings is 2. The second-order valence-electron chi connectivity index (χ2n) is 4.89. The van der Waals surface area contributed by atoms with Crippen molar-refractivity contribution in [3.63, 3.8) is 0 Å². The lowest BCUT2D eigenvalue weighted by Crippen LogP contribution is -2.03. The Morgan fingerprint density at radius 3 is 2.52 bits per heavy atom. The lowest BCUT2D eigenvalue weighted by molar-refractivity contribution is 0.104. The maximum atomic E-state index is 13.1. The van der Waals surface area contributed by atoms with E-state index in [1.807, 2.05) is 0 Å². The van der Waals surface area contributed by atoms with Crippen LogP contribution in [-0.4, -0.2) is 27.6 Å². The van der Waals surface area contributed by atoms with Crippen molar-refractivity contribution in [3.05, 3.63) is 65.5 Å². The normalized spacial score (nSPS) is 11.6. The van der Waals surface area contributed by atoms with Crippen LogP contribution >= 0.6 is 0 Å². The van der Waals surface area contributed by atoms with Crippen molar-refractivity contribution in [2.75, 3.05) is 13.4 Å². The highest BCUT2D eigenvalue weighted by molar-refractivity contribution is 7.90. The molecule has 0 aliphatic carbocycles. The predicted octanol–water partition coefficient (Wildman–Crippen LogP) is 3.13. The second kappa shape index (κ2) is 6.75. The van der Waals surface area contributed by atoms with Gasteiger partial charge in [0.25, 0.3) is 0 Å². The van der Waals surface area contributed by atoms with E-state index in [1.165, 1.54) is 49.6 Å². The van der Waals surface area contributed by atoms with E-state index < -0.39 is 15.7 Å². The van der Waals surface area contributed by atoms with Gasteiger partial charge in [0.05, 0.1) is 7.11 Å². The molecule has 0 saturated heterocycles. The Bertz CT molecular complexity index is 870. The molecule has 0 amide bonds. The molecule has 0 heterocycles. The predicted molar refractivity (Wildman–Crippen MR) is 85.9 cm³/mol. The molecule has 0 atom stereocenters. The molecule has 120 valence electrons. The number of ether oxygens (including phenoxy) is 1. The summed E-state index contributed by atoms with van der Waals surface area (Å²) in [5.74, 6) is -0.621. The minimum absolute atomic E-state index is 0.0191. The SMILES string of the molecule is COc1cc(C(=O)/C=C\c2cccc(F)c2)ccc1S(C)(=O)=O. The molecule has 0 aliphatic rings. The molecule has 0 saturated carbocycles. The molecule has 0 aliphatic heterocycles. The van der Waals surface area contributed by atoms with Gasteiger partial charge in [0.1, 0.15) is 16.5 Å². The van der Waals surface area contributed by atoms with Gasteiger partial charge >= 0.3 is 0 Å². The van der Waals surface area contributed by atoms with Crippen LogP contribution in [0.25, 0.3) is 6.08 Å². The van der Waals surface area contributed by atoms with E-state index in [9.17, 15) is 17.6 Å². The Labute approximate surface area is 134 Å². The van der Waals surface area contributed by atoms with Crippen LogP contribution in [0.5, 0.6) is 5.75 Å². The summed E-state index contributed by atoms with van der Waals surface area (Å²) in [5, 5.41) is 0. The van der Waals surface area contributed by atoms with Gasteiger partial charge in [0.15, 0.2) is 15.6 Å². The quantitative estimate of drug-likeness (QED) is 0.622. The molecular weight excluding hydrogens is 319 g/mol. The van der Waals surface area contributed by atoms with E-state index >= 15 is 0 Å². The van der Waals surface area contributed by atoms with Gasteiger partial charge in [-0.25, -0.2) is 12.8 Å². The number of hydrogen-bond acceptors (Lipinski definition) is 4. The number of carbonyl (C=O) groups excluding carboxylic acids is 1. The fraction of sp³-hybridized carbons (Fsp3) is 0.118. The van der Waals surface area contributed by atoms with Crippen LogP contribution in [-0.2, 0) is 9.84 Å². The zero-order valence-electron chi connectivity index (χ0n) is 12.6. The zero-order valence-corrected chi connectivity index (χ0v) is 13.4. The lowest BCUT2D eigenvalue weighted by Gasteiger charge is -2.07. The number of sulfone groups is 1. The van der Waals surface area contributed by atoms with Crippen molar-refractivity contribution in [3.8, 4) is 5.75 Å². The molecule has 23 heavy (non-hydrogen) atoms. The van der Waals surface area contributed by atoms with Crippen LogP contribution < -0.4 is 4.74 Å². The molecule has 2 aromatic rings. The smallest absolute Gasteiger partial charge is 0.185 e. The second-order valence-corrected chi connectivity index (χ2v) is 6.87. The number of rotatable bonds is 5. The molecule has 0 radical (unpaired) electrons. The van der Waals surface area contributed by atoms with E-state index in [2.05, 4.69) is 0 Å². The number of ketones is 1. The van der Waals surface area contributed by atoms with Gasteiger partial charge < -0.3 is 4.74 Å². The first kappa shape index (κ1) is 16.9. The summed E-state index contributed by atoms with van der Waals surface area (Å²) < 4.78 is 41.4. The highest BCUT2D eigenvalue weighted by atomic mass is 32.2. The van der Waals surface area contributed by atoms with E-state index in [0.717, 1.165) is 6.26 Å². The fourth-order valence-corrected chi connectivity index (χ4v) is 2.83.